The summed E-state index contributed by atoms with van der Waals surface area (Å²) in [5.74, 6) is 0.351. The van der Waals surface area contributed by atoms with Gasteiger partial charge in [0.25, 0.3) is 0 Å². The van der Waals surface area contributed by atoms with Gasteiger partial charge in [-0.25, -0.2) is 13.1 Å². The van der Waals surface area contributed by atoms with Gasteiger partial charge in [-0.2, -0.15) is 0 Å². The zero-order valence-electron chi connectivity index (χ0n) is 15.0. The topological polar surface area (TPSA) is 83.6 Å². The summed E-state index contributed by atoms with van der Waals surface area (Å²) in [5, 5.41) is 0.334. The minimum absolute atomic E-state index is 0.0124. The highest BCUT2D eigenvalue weighted by molar-refractivity contribution is 7.89. The summed E-state index contributed by atoms with van der Waals surface area (Å²) < 4.78 is 38.9. The summed E-state index contributed by atoms with van der Waals surface area (Å²) in [5.41, 5.74) is 0. The summed E-state index contributed by atoms with van der Waals surface area (Å²) in [7, 11) is -4.64. The number of amides is 1. The second-order valence-electron chi connectivity index (χ2n) is 6.36. The maximum absolute atomic E-state index is 12.5. The van der Waals surface area contributed by atoms with Crippen LogP contribution >= 0.6 is 11.6 Å². The van der Waals surface area contributed by atoms with Crippen molar-refractivity contribution in [2.45, 2.75) is 42.8 Å². The molecule has 146 valence electrons. The Morgan fingerprint density at radius 2 is 2.04 bits per heavy atom. The van der Waals surface area contributed by atoms with E-state index in [0.717, 1.165) is 12.8 Å². The summed E-state index contributed by atoms with van der Waals surface area (Å²) in [6.07, 6.45) is 1.57. The number of nitrogens with zero attached hydrogens (tertiary/aromatic N) is 1. The maximum atomic E-state index is 12.5. The van der Waals surface area contributed by atoms with Gasteiger partial charge in [-0.15, -0.1) is 0 Å². The summed E-state index contributed by atoms with van der Waals surface area (Å²) in [4.78, 5) is 14.3. The van der Waals surface area contributed by atoms with Gasteiger partial charge in [0.2, 0.25) is 15.9 Å². The standard InChI is InChI=1S/C17H25ClN2O4S2/c1-3-17(4-2)13-20(10-11-25(17)22)16(21)8-9-19-26(23,24)15-7-5-6-14(18)12-15/h5-7,12,19H,3-4,8-11,13H2,1-2H3. The van der Waals surface area contributed by atoms with Gasteiger partial charge in [-0.1, -0.05) is 31.5 Å². The van der Waals surface area contributed by atoms with Crippen molar-refractivity contribution in [2.75, 3.05) is 25.4 Å². The molecule has 1 heterocycles. The lowest BCUT2D eigenvalue weighted by Gasteiger charge is -2.41. The number of carbonyl (C=O) groups excluding carboxylic acids is 1. The average Bonchev–Trinajstić information content (AvgIpc) is 2.62. The first kappa shape index (κ1) is 21.3. The molecular formula is C17H25ClN2O4S2. The van der Waals surface area contributed by atoms with Crippen LogP contribution in [0.15, 0.2) is 29.2 Å². The molecule has 0 spiro atoms. The first-order valence-electron chi connectivity index (χ1n) is 8.65. The van der Waals surface area contributed by atoms with Gasteiger partial charge in [0, 0.05) is 47.6 Å². The third-order valence-corrected chi connectivity index (χ3v) is 8.81. The van der Waals surface area contributed by atoms with Crippen molar-refractivity contribution in [3.8, 4) is 0 Å². The maximum Gasteiger partial charge on any atom is 0.240 e. The van der Waals surface area contributed by atoms with Crippen molar-refractivity contribution in [1.82, 2.24) is 9.62 Å². The molecule has 1 aromatic carbocycles. The first-order valence-corrected chi connectivity index (χ1v) is 11.8. The quantitative estimate of drug-likeness (QED) is 0.732. The summed E-state index contributed by atoms with van der Waals surface area (Å²) in [6, 6.07) is 5.97. The molecule has 1 aromatic rings. The predicted molar refractivity (Wildman–Crippen MR) is 104 cm³/mol. The van der Waals surface area contributed by atoms with Crippen LogP contribution in [0.3, 0.4) is 0 Å². The zero-order chi connectivity index (χ0) is 19.4. The van der Waals surface area contributed by atoms with E-state index in [9.17, 15) is 17.4 Å². The SMILES string of the molecule is CCC1(CC)CN(C(=O)CCNS(=O)(=O)c2cccc(Cl)c2)CCS1=O. The van der Waals surface area contributed by atoms with Gasteiger partial charge in [0.15, 0.2) is 0 Å². The Morgan fingerprint density at radius 3 is 2.65 bits per heavy atom. The molecule has 1 aliphatic rings. The smallest absolute Gasteiger partial charge is 0.240 e. The van der Waals surface area contributed by atoms with Gasteiger partial charge in [-0.05, 0) is 31.0 Å². The minimum Gasteiger partial charge on any atom is -0.340 e. The highest BCUT2D eigenvalue weighted by atomic mass is 35.5. The minimum atomic E-state index is -3.70. The van der Waals surface area contributed by atoms with Crippen molar-refractivity contribution in [2.24, 2.45) is 0 Å². The molecule has 1 atom stereocenters. The van der Waals surface area contributed by atoms with E-state index in [2.05, 4.69) is 4.72 Å². The normalized spacial score (nSPS) is 20.1. The molecule has 0 aliphatic carbocycles. The second kappa shape index (κ2) is 8.82. The van der Waals surface area contributed by atoms with Crippen LogP contribution < -0.4 is 4.72 Å². The molecule has 0 bridgehead atoms. The second-order valence-corrected chi connectivity index (χ2v) is 10.5. The van der Waals surface area contributed by atoms with Crippen molar-refractivity contribution in [1.29, 1.82) is 0 Å². The molecule has 1 N–H and O–H groups in total. The molecular weight excluding hydrogens is 396 g/mol. The van der Waals surface area contributed by atoms with E-state index < -0.39 is 20.8 Å². The predicted octanol–water partition coefficient (Wildman–Crippen LogP) is 2.16. The van der Waals surface area contributed by atoms with Crippen LogP contribution in [0.25, 0.3) is 0 Å². The Kier molecular flexibility index (Phi) is 7.24. The summed E-state index contributed by atoms with van der Waals surface area (Å²) in [6.45, 7) is 4.92. The zero-order valence-corrected chi connectivity index (χ0v) is 17.4. The molecule has 26 heavy (non-hydrogen) atoms. The number of sulfonamides is 1. The van der Waals surface area contributed by atoms with Crippen LogP contribution in [0.4, 0.5) is 0 Å². The molecule has 6 nitrogen and oxygen atoms in total. The van der Waals surface area contributed by atoms with Crippen LogP contribution in [-0.4, -0.2) is 53.6 Å². The fraction of sp³-hybridized carbons (Fsp3) is 0.588. The van der Waals surface area contributed by atoms with Crippen LogP contribution in [0.2, 0.25) is 5.02 Å². The van der Waals surface area contributed by atoms with E-state index in [1.807, 2.05) is 13.8 Å². The highest BCUT2D eigenvalue weighted by Gasteiger charge is 2.40. The first-order chi connectivity index (χ1) is 12.2. The Labute approximate surface area is 162 Å². The molecule has 0 radical (unpaired) electrons. The van der Waals surface area contributed by atoms with Crippen LogP contribution in [-0.2, 0) is 25.6 Å². The number of hydrogen-bond donors (Lipinski definition) is 1. The van der Waals surface area contributed by atoms with Crippen molar-refractivity contribution >= 4 is 38.3 Å². The average molecular weight is 421 g/mol. The number of rotatable bonds is 7. The van der Waals surface area contributed by atoms with Crippen LogP contribution in [0.1, 0.15) is 33.1 Å². The van der Waals surface area contributed by atoms with E-state index in [4.69, 9.17) is 11.6 Å². The Balaban J connectivity index is 1.93. The third kappa shape index (κ3) is 4.85. The van der Waals surface area contributed by atoms with Gasteiger partial charge in [-0.3, -0.25) is 9.00 Å². The van der Waals surface area contributed by atoms with E-state index in [1.54, 1.807) is 17.0 Å². The lowest BCUT2D eigenvalue weighted by atomic mass is 10.0. The number of nitrogens with one attached hydrogen (secondary N) is 1. The van der Waals surface area contributed by atoms with Gasteiger partial charge < -0.3 is 4.90 Å². The van der Waals surface area contributed by atoms with E-state index in [0.29, 0.717) is 23.9 Å². The molecule has 1 amide bonds. The summed E-state index contributed by atoms with van der Waals surface area (Å²) >= 11 is 5.83. The molecule has 9 heteroatoms. The van der Waals surface area contributed by atoms with Crippen LogP contribution in [0, 0.1) is 0 Å². The fourth-order valence-corrected chi connectivity index (χ4v) is 6.18. The van der Waals surface area contributed by atoms with Crippen molar-refractivity contribution in [3.05, 3.63) is 29.3 Å². The number of carbonyl (C=O) groups is 1. The third-order valence-electron chi connectivity index (χ3n) is 4.89. The van der Waals surface area contributed by atoms with E-state index in [-0.39, 0.29) is 28.5 Å². The van der Waals surface area contributed by atoms with Crippen LogP contribution in [0.5, 0.6) is 0 Å². The van der Waals surface area contributed by atoms with Crippen molar-refractivity contribution in [3.63, 3.8) is 0 Å². The molecule has 1 aliphatic heterocycles. The number of halogens is 1. The molecule has 1 unspecified atom stereocenters. The molecule has 1 fully saturated rings. The fourth-order valence-electron chi connectivity index (χ4n) is 3.08. The molecule has 1 saturated heterocycles. The van der Waals surface area contributed by atoms with Gasteiger partial charge in [0.05, 0.1) is 9.64 Å². The Bertz CT molecular complexity index is 779. The number of hydrogen-bond acceptors (Lipinski definition) is 4. The molecule has 0 saturated carbocycles. The van der Waals surface area contributed by atoms with E-state index >= 15 is 0 Å². The Morgan fingerprint density at radius 1 is 1.35 bits per heavy atom. The molecule has 0 aromatic heterocycles. The Hall–Kier alpha value is -0.960. The highest BCUT2D eigenvalue weighted by Crippen LogP contribution is 2.28. The lowest BCUT2D eigenvalue weighted by Crippen LogP contribution is -2.54. The molecule has 2 rings (SSSR count). The number of benzene rings is 1. The largest absolute Gasteiger partial charge is 0.340 e. The van der Waals surface area contributed by atoms with Crippen molar-refractivity contribution < 1.29 is 17.4 Å². The van der Waals surface area contributed by atoms with Gasteiger partial charge in [0.1, 0.15) is 0 Å². The van der Waals surface area contributed by atoms with Gasteiger partial charge >= 0.3 is 0 Å². The lowest BCUT2D eigenvalue weighted by molar-refractivity contribution is -0.131. The van der Waals surface area contributed by atoms with E-state index in [1.165, 1.54) is 12.1 Å². The monoisotopic (exact) mass is 420 g/mol.